The number of hydrogen-bond donors (Lipinski definition) is 0. The van der Waals surface area contributed by atoms with Gasteiger partial charge in [-0.25, -0.2) is 8.78 Å². The Morgan fingerprint density at radius 1 is 0.737 bits per heavy atom. The van der Waals surface area contributed by atoms with E-state index in [4.69, 9.17) is 23.2 Å². The Bertz CT molecular complexity index is 504. The van der Waals surface area contributed by atoms with E-state index in [0.717, 1.165) is 7.14 Å². The van der Waals surface area contributed by atoms with E-state index in [9.17, 15) is 8.78 Å². The van der Waals surface area contributed by atoms with E-state index in [1.165, 1.54) is 12.1 Å². The highest BCUT2D eigenvalue weighted by Crippen LogP contribution is 2.16. The number of rotatable bonds is 0. The van der Waals surface area contributed by atoms with Crippen LogP contribution in [0.2, 0.25) is 10.0 Å². The summed E-state index contributed by atoms with van der Waals surface area (Å²) in [5.41, 5.74) is 0. The molecule has 0 aliphatic heterocycles. The molecule has 0 aliphatic carbocycles. The van der Waals surface area contributed by atoms with E-state index in [1.807, 2.05) is 45.2 Å². The first kappa shape index (κ1) is 19.3. The molecule has 0 radical (unpaired) electrons. The number of halogens is 6. The van der Waals surface area contributed by atoms with E-state index < -0.39 is 0 Å². The molecule has 0 spiro atoms. The first-order valence-corrected chi connectivity index (χ1v) is 7.52. The zero-order valence-corrected chi connectivity index (χ0v) is 15.1. The molecular formula is C12H8Cl2F2I2O. The van der Waals surface area contributed by atoms with Gasteiger partial charge >= 0.3 is 0 Å². The summed E-state index contributed by atoms with van der Waals surface area (Å²) in [6.45, 7) is 0. The third-order valence-electron chi connectivity index (χ3n) is 1.76. The van der Waals surface area contributed by atoms with Crippen LogP contribution in [0.5, 0.6) is 0 Å². The summed E-state index contributed by atoms with van der Waals surface area (Å²) in [7, 11) is 0. The largest absolute Gasteiger partial charge is 0.412 e. The highest BCUT2D eigenvalue weighted by atomic mass is 127. The van der Waals surface area contributed by atoms with Crippen LogP contribution >= 0.6 is 68.4 Å². The van der Waals surface area contributed by atoms with Crippen LogP contribution in [-0.2, 0) is 0 Å². The number of hydrogen-bond acceptors (Lipinski definition) is 0. The molecule has 2 rings (SSSR count). The van der Waals surface area contributed by atoms with Gasteiger partial charge in [-0.15, -0.1) is 0 Å². The standard InChI is InChI=1S/2C6H3ClFI.H2O/c2*7-5-2-1-4(9)3-6(5)8;/h2*1-3H;1H2. The molecule has 19 heavy (non-hydrogen) atoms. The molecule has 0 aliphatic rings. The Morgan fingerprint density at radius 3 is 1.26 bits per heavy atom. The Morgan fingerprint density at radius 2 is 1.05 bits per heavy atom. The van der Waals surface area contributed by atoms with Gasteiger partial charge in [0, 0.05) is 7.14 Å². The van der Waals surface area contributed by atoms with Gasteiger partial charge in [-0.1, -0.05) is 23.2 Å². The van der Waals surface area contributed by atoms with E-state index in [0.29, 0.717) is 0 Å². The van der Waals surface area contributed by atoms with Crippen molar-refractivity contribution in [2.24, 2.45) is 0 Å². The quantitative estimate of drug-likeness (QED) is 0.325. The van der Waals surface area contributed by atoms with E-state index in [1.54, 1.807) is 24.3 Å². The smallest absolute Gasteiger partial charge is 0.142 e. The Kier molecular flexibility index (Phi) is 9.42. The minimum atomic E-state index is -0.358. The summed E-state index contributed by atoms with van der Waals surface area (Å²) < 4.78 is 26.6. The van der Waals surface area contributed by atoms with E-state index in [-0.39, 0.29) is 27.2 Å². The first-order chi connectivity index (χ1) is 8.40. The molecule has 2 aromatic rings. The lowest BCUT2D eigenvalue weighted by molar-refractivity contribution is 0.627. The van der Waals surface area contributed by atoms with E-state index >= 15 is 0 Å². The summed E-state index contributed by atoms with van der Waals surface area (Å²) in [4.78, 5) is 0. The Labute approximate surface area is 146 Å². The second-order valence-corrected chi connectivity index (χ2v) is 6.42. The van der Waals surface area contributed by atoms with Crippen LogP contribution in [0.25, 0.3) is 0 Å². The van der Waals surface area contributed by atoms with Gasteiger partial charge in [0.15, 0.2) is 0 Å². The minimum Gasteiger partial charge on any atom is -0.412 e. The Balaban J connectivity index is 0.000000324. The molecule has 0 saturated carbocycles. The van der Waals surface area contributed by atoms with Crippen LogP contribution in [0, 0.1) is 18.8 Å². The normalized spacial score (nSPS) is 9.16. The molecule has 0 amide bonds. The van der Waals surface area contributed by atoms with Crippen molar-refractivity contribution in [2.75, 3.05) is 0 Å². The molecule has 0 atom stereocenters. The van der Waals surface area contributed by atoms with Crippen LogP contribution in [0.3, 0.4) is 0 Å². The van der Waals surface area contributed by atoms with Crippen molar-refractivity contribution in [1.29, 1.82) is 0 Å². The monoisotopic (exact) mass is 530 g/mol. The summed E-state index contributed by atoms with van der Waals surface area (Å²) >= 11 is 14.9. The second-order valence-electron chi connectivity index (χ2n) is 3.12. The zero-order valence-electron chi connectivity index (χ0n) is 9.23. The molecule has 0 saturated heterocycles. The average molecular weight is 531 g/mol. The molecule has 104 valence electrons. The van der Waals surface area contributed by atoms with Crippen molar-refractivity contribution in [1.82, 2.24) is 0 Å². The van der Waals surface area contributed by atoms with Crippen LogP contribution in [0.4, 0.5) is 8.78 Å². The third kappa shape index (κ3) is 7.03. The summed E-state index contributed by atoms with van der Waals surface area (Å²) in [5, 5.41) is 0.353. The van der Waals surface area contributed by atoms with E-state index in [2.05, 4.69) is 0 Å². The predicted octanol–water partition coefficient (Wildman–Crippen LogP) is 5.34. The van der Waals surface area contributed by atoms with Gasteiger partial charge in [-0.3, -0.25) is 0 Å². The minimum absolute atomic E-state index is 0. The number of benzene rings is 2. The van der Waals surface area contributed by atoms with Gasteiger partial charge in [0.1, 0.15) is 11.6 Å². The fraction of sp³-hybridized carbons (Fsp3) is 0. The lowest BCUT2D eigenvalue weighted by Gasteiger charge is -1.91. The van der Waals surface area contributed by atoms with Crippen molar-refractivity contribution in [3.8, 4) is 0 Å². The third-order valence-corrected chi connectivity index (χ3v) is 3.72. The van der Waals surface area contributed by atoms with Gasteiger partial charge in [-0.2, -0.15) is 0 Å². The predicted molar refractivity (Wildman–Crippen MR) is 91.9 cm³/mol. The highest BCUT2D eigenvalue weighted by molar-refractivity contribution is 14.1. The molecule has 0 unspecified atom stereocenters. The van der Waals surface area contributed by atoms with Gasteiger partial charge in [-0.05, 0) is 81.6 Å². The lowest BCUT2D eigenvalue weighted by Crippen LogP contribution is -1.76. The molecule has 0 bridgehead atoms. The Hall–Kier alpha value is 0.300. The highest BCUT2D eigenvalue weighted by Gasteiger charge is 1.97. The fourth-order valence-electron chi connectivity index (χ4n) is 0.941. The maximum Gasteiger partial charge on any atom is 0.142 e. The van der Waals surface area contributed by atoms with Gasteiger partial charge in [0.25, 0.3) is 0 Å². The summed E-state index contributed by atoms with van der Waals surface area (Å²) in [5.74, 6) is -0.716. The maximum absolute atomic E-state index is 12.4. The zero-order chi connectivity index (χ0) is 13.7. The van der Waals surface area contributed by atoms with Crippen LogP contribution < -0.4 is 0 Å². The first-order valence-electron chi connectivity index (χ1n) is 4.61. The summed E-state index contributed by atoms with van der Waals surface area (Å²) in [6.07, 6.45) is 0. The van der Waals surface area contributed by atoms with Crippen molar-refractivity contribution in [2.45, 2.75) is 0 Å². The fourth-order valence-corrected chi connectivity index (χ4v) is 2.08. The lowest BCUT2D eigenvalue weighted by atomic mass is 10.4. The molecule has 1 nitrogen and oxygen atoms in total. The maximum atomic E-state index is 12.4. The molecule has 7 heteroatoms. The van der Waals surface area contributed by atoms with Gasteiger partial charge in [0.2, 0.25) is 0 Å². The average Bonchev–Trinajstić information content (AvgIpc) is 2.30. The van der Waals surface area contributed by atoms with Crippen LogP contribution in [-0.4, -0.2) is 5.48 Å². The van der Waals surface area contributed by atoms with Crippen molar-refractivity contribution in [3.05, 3.63) is 65.2 Å². The molecule has 0 aromatic heterocycles. The molecule has 2 N–H and O–H groups in total. The van der Waals surface area contributed by atoms with Crippen molar-refractivity contribution in [3.63, 3.8) is 0 Å². The molecule has 0 heterocycles. The molecule has 2 aromatic carbocycles. The summed E-state index contributed by atoms with van der Waals surface area (Å²) in [6, 6.07) is 9.38. The van der Waals surface area contributed by atoms with Gasteiger partial charge in [0.05, 0.1) is 10.0 Å². The molecule has 0 fully saturated rings. The van der Waals surface area contributed by atoms with Crippen molar-refractivity contribution >= 4 is 68.4 Å². The molecular weight excluding hydrogens is 523 g/mol. The van der Waals surface area contributed by atoms with Crippen LogP contribution in [0.15, 0.2) is 36.4 Å². The van der Waals surface area contributed by atoms with Gasteiger partial charge < -0.3 is 5.48 Å². The SMILES string of the molecule is Fc1cc(I)ccc1Cl.Fc1cc(I)ccc1Cl.O. The van der Waals surface area contributed by atoms with Crippen LogP contribution in [0.1, 0.15) is 0 Å². The second kappa shape index (κ2) is 9.28. The topological polar surface area (TPSA) is 31.5 Å². The van der Waals surface area contributed by atoms with Crippen molar-refractivity contribution < 1.29 is 14.3 Å².